The molecule has 0 atom stereocenters. The molecule has 0 saturated carbocycles. The van der Waals surface area contributed by atoms with E-state index in [0.29, 0.717) is 10.7 Å². The van der Waals surface area contributed by atoms with E-state index >= 15 is 0 Å². The lowest BCUT2D eigenvalue weighted by Gasteiger charge is -2.03. The van der Waals surface area contributed by atoms with Crippen LogP contribution in [-0.4, -0.2) is 10.9 Å². The highest BCUT2D eigenvalue weighted by Crippen LogP contribution is 2.31. The molecule has 2 aromatic heterocycles. The summed E-state index contributed by atoms with van der Waals surface area (Å²) in [7, 11) is 0. The molecule has 5 rings (SSSR count). The van der Waals surface area contributed by atoms with Gasteiger partial charge in [0.15, 0.2) is 10.9 Å². The molecule has 0 aliphatic rings. The molecule has 5 aromatic rings. The predicted molar refractivity (Wildman–Crippen MR) is 109 cm³/mol. The Morgan fingerprint density at radius 3 is 2.59 bits per heavy atom. The number of furan rings is 1. The summed E-state index contributed by atoms with van der Waals surface area (Å²) in [6, 6.07) is 23.6. The van der Waals surface area contributed by atoms with Crippen LogP contribution in [0.15, 0.2) is 82.6 Å². The van der Waals surface area contributed by atoms with Gasteiger partial charge in [0.05, 0.1) is 5.69 Å². The second-order valence-electron chi connectivity index (χ2n) is 6.17. The third-order valence-corrected chi connectivity index (χ3v) is 5.20. The average molecular weight is 370 g/mol. The molecule has 0 aliphatic heterocycles. The summed E-state index contributed by atoms with van der Waals surface area (Å²) in [6.45, 7) is 0. The molecule has 0 spiro atoms. The van der Waals surface area contributed by atoms with Gasteiger partial charge in [-0.3, -0.25) is 10.1 Å². The average Bonchev–Trinajstić information content (AvgIpc) is 3.34. The number of thiazole rings is 1. The largest absolute Gasteiger partial charge is 0.451 e. The molecule has 2 heterocycles. The van der Waals surface area contributed by atoms with Crippen molar-refractivity contribution in [2.24, 2.45) is 0 Å². The first-order valence-electron chi connectivity index (χ1n) is 8.51. The Morgan fingerprint density at radius 2 is 1.70 bits per heavy atom. The molecule has 1 amide bonds. The molecule has 0 unspecified atom stereocenters. The van der Waals surface area contributed by atoms with Crippen LogP contribution in [0.5, 0.6) is 0 Å². The van der Waals surface area contributed by atoms with Crippen LogP contribution < -0.4 is 5.32 Å². The van der Waals surface area contributed by atoms with E-state index in [2.05, 4.69) is 28.5 Å². The fourth-order valence-electron chi connectivity index (χ4n) is 3.16. The minimum atomic E-state index is -0.301. The second kappa shape index (κ2) is 6.37. The van der Waals surface area contributed by atoms with E-state index in [1.807, 2.05) is 53.9 Å². The van der Waals surface area contributed by atoms with Gasteiger partial charge in [0.25, 0.3) is 5.91 Å². The van der Waals surface area contributed by atoms with E-state index in [4.69, 9.17) is 4.42 Å². The Balaban J connectivity index is 1.44. The van der Waals surface area contributed by atoms with E-state index in [1.165, 1.54) is 11.3 Å². The van der Waals surface area contributed by atoms with Gasteiger partial charge in [-0.15, -0.1) is 11.3 Å². The standard InChI is InChI=1S/C22H14N2O2S/c25-21(20-12-15-7-2-4-11-19(15)26-20)24-22-23-18(13-27-22)17-10-5-8-14-6-1-3-9-16(14)17/h1-13H,(H,23,24,25). The van der Waals surface area contributed by atoms with Gasteiger partial charge in [0, 0.05) is 16.3 Å². The summed E-state index contributed by atoms with van der Waals surface area (Å²) in [5, 5.41) is 8.53. The Hall–Kier alpha value is -3.44. The van der Waals surface area contributed by atoms with E-state index in [-0.39, 0.29) is 11.7 Å². The molecule has 0 aliphatic carbocycles. The summed E-state index contributed by atoms with van der Waals surface area (Å²) in [5.74, 6) is -0.0249. The van der Waals surface area contributed by atoms with Gasteiger partial charge in [-0.2, -0.15) is 0 Å². The molecule has 0 bridgehead atoms. The van der Waals surface area contributed by atoms with Gasteiger partial charge in [-0.1, -0.05) is 60.7 Å². The molecule has 5 heteroatoms. The van der Waals surface area contributed by atoms with Crippen molar-refractivity contribution in [2.75, 3.05) is 5.32 Å². The van der Waals surface area contributed by atoms with Crippen LogP contribution in [0.3, 0.4) is 0 Å². The highest BCUT2D eigenvalue weighted by Gasteiger charge is 2.15. The lowest BCUT2D eigenvalue weighted by atomic mass is 10.0. The SMILES string of the molecule is O=C(Nc1nc(-c2cccc3ccccc23)cs1)c1cc2ccccc2o1. The van der Waals surface area contributed by atoms with Crippen molar-refractivity contribution in [3.8, 4) is 11.3 Å². The number of hydrogen-bond acceptors (Lipinski definition) is 4. The number of carbonyl (C=O) groups is 1. The molecule has 3 aromatic carbocycles. The molecule has 0 saturated heterocycles. The van der Waals surface area contributed by atoms with Crippen LogP contribution in [0.2, 0.25) is 0 Å². The number of nitrogens with one attached hydrogen (secondary N) is 1. The van der Waals surface area contributed by atoms with E-state index in [9.17, 15) is 4.79 Å². The summed E-state index contributed by atoms with van der Waals surface area (Å²) >= 11 is 1.40. The Bertz CT molecular complexity index is 1250. The number of nitrogens with zero attached hydrogens (tertiary/aromatic N) is 1. The fraction of sp³-hybridized carbons (Fsp3) is 0. The van der Waals surface area contributed by atoms with Crippen molar-refractivity contribution in [3.63, 3.8) is 0 Å². The van der Waals surface area contributed by atoms with Crippen LogP contribution in [0, 0.1) is 0 Å². The van der Waals surface area contributed by atoms with Crippen LogP contribution in [0.1, 0.15) is 10.6 Å². The minimum Gasteiger partial charge on any atom is -0.451 e. The third kappa shape index (κ3) is 2.88. The van der Waals surface area contributed by atoms with Crippen molar-refractivity contribution in [3.05, 3.63) is 83.9 Å². The lowest BCUT2D eigenvalue weighted by molar-refractivity contribution is 0.0998. The monoisotopic (exact) mass is 370 g/mol. The predicted octanol–water partition coefficient (Wildman–Crippen LogP) is 5.96. The van der Waals surface area contributed by atoms with Gasteiger partial charge < -0.3 is 4.42 Å². The second-order valence-corrected chi connectivity index (χ2v) is 7.03. The number of anilines is 1. The fourth-order valence-corrected chi connectivity index (χ4v) is 3.86. The normalized spacial score (nSPS) is 11.1. The number of benzene rings is 3. The van der Waals surface area contributed by atoms with Gasteiger partial charge in [0.2, 0.25) is 0 Å². The zero-order valence-electron chi connectivity index (χ0n) is 14.2. The molecular weight excluding hydrogens is 356 g/mol. The molecule has 130 valence electrons. The number of rotatable bonds is 3. The zero-order valence-corrected chi connectivity index (χ0v) is 15.0. The molecule has 1 N–H and O–H groups in total. The maximum Gasteiger partial charge on any atom is 0.293 e. The Labute approximate surface area is 159 Å². The number of amides is 1. The first-order chi connectivity index (χ1) is 13.3. The van der Waals surface area contributed by atoms with Gasteiger partial charge in [-0.25, -0.2) is 4.98 Å². The molecule has 0 fully saturated rings. The maximum atomic E-state index is 12.5. The van der Waals surface area contributed by atoms with Gasteiger partial charge in [0.1, 0.15) is 5.58 Å². The van der Waals surface area contributed by atoms with Crippen LogP contribution in [0.25, 0.3) is 33.0 Å². The van der Waals surface area contributed by atoms with Crippen LogP contribution in [-0.2, 0) is 0 Å². The maximum absolute atomic E-state index is 12.5. The van der Waals surface area contributed by atoms with Crippen LogP contribution >= 0.6 is 11.3 Å². The summed E-state index contributed by atoms with van der Waals surface area (Å²) < 4.78 is 5.62. The topological polar surface area (TPSA) is 55.1 Å². The third-order valence-electron chi connectivity index (χ3n) is 4.44. The van der Waals surface area contributed by atoms with Crippen LogP contribution in [0.4, 0.5) is 5.13 Å². The van der Waals surface area contributed by atoms with E-state index < -0.39 is 0 Å². The van der Waals surface area contributed by atoms with Gasteiger partial charge in [-0.05, 0) is 22.9 Å². The summed E-state index contributed by atoms with van der Waals surface area (Å²) in [6.07, 6.45) is 0. The first kappa shape index (κ1) is 15.8. The number of hydrogen-bond donors (Lipinski definition) is 1. The number of fused-ring (bicyclic) bond motifs is 2. The van der Waals surface area contributed by atoms with Crippen molar-refractivity contribution in [2.45, 2.75) is 0 Å². The van der Waals surface area contributed by atoms with E-state index in [1.54, 1.807) is 6.07 Å². The Kier molecular flexibility index (Phi) is 3.73. The molecular formula is C22H14N2O2S. The summed E-state index contributed by atoms with van der Waals surface area (Å²) in [4.78, 5) is 17.1. The first-order valence-corrected chi connectivity index (χ1v) is 9.39. The number of aromatic nitrogens is 1. The lowest BCUT2D eigenvalue weighted by Crippen LogP contribution is -2.10. The van der Waals surface area contributed by atoms with Crippen molar-refractivity contribution >= 4 is 44.1 Å². The van der Waals surface area contributed by atoms with Crippen molar-refractivity contribution < 1.29 is 9.21 Å². The number of carbonyl (C=O) groups excluding carboxylic acids is 1. The van der Waals surface area contributed by atoms with Gasteiger partial charge >= 0.3 is 0 Å². The Morgan fingerprint density at radius 1 is 0.926 bits per heavy atom. The minimum absolute atomic E-state index is 0.276. The zero-order chi connectivity index (χ0) is 18.2. The highest BCUT2D eigenvalue weighted by molar-refractivity contribution is 7.14. The van der Waals surface area contributed by atoms with Crippen molar-refractivity contribution in [1.82, 2.24) is 4.98 Å². The van der Waals surface area contributed by atoms with Crippen molar-refractivity contribution in [1.29, 1.82) is 0 Å². The highest BCUT2D eigenvalue weighted by atomic mass is 32.1. The molecule has 27 heavy (non-hydrogen) atoms. The van der Waals surface area contributed by atoms with E-state index in [0.717, 1.165) is 27.4 Å². The number of para-hydroxylation sites is 1. The molecule has 4 nitrogen and oxygen atoms in total. The molecule has 0 radical (unpaired) electrons. The quantitative estimate of drug-likeness (QED) is 0.426. The smallest absolute Gasteiger partial charge is 0.293 e. The summed E-state index contributed by atoms with van der Waals surface area (Å²) in [5.41, 5.74) is 2.59.